The third-order valence-electron chi connectivity index (χ3n) is 2.57. The number of carbonyl (C=O) groups excluding carboxylic acids is 1. The number of fused-ring (bicyclic) bond motifs is 1. The molecule has 1 N–H and O–H groups in total. The standard InChI is InChI=1S/C12H10O2.C4H6O2/c1-14-12-7-6-9(8-13)10-4-2-3-5-11(10)12;1-2-3-4(5)6/h2-8H,1H3;2-3H,1H3,(H,5,6). The maximum atomic E-state index is 10.8. The molecule has 4 nitrogen and oxygen atoms in total. The van der Waals surface area contributed by atoms with Gasteiger partial charge in [0.15, 0.2) is 6.29 Å². The number of methoxy groups -OCH3 is 1. The maximum absolute atomic E-state index is 10.8. The van der Waals surface area contributed by atoms with Gasteiger partial charge in [0.05, 0.1) is 7.11 Å². The largest absolute Gasteiger partial charge is 0.496 e. The zero-order valence-electron chi connectivity index (χ0n) is 11.4. The smallest absolute Gasteiger partial charge is 0.327 e. The Kier molecular flexibility index (Phi) is 5.97. The molecule has 0 aliphatic heterocycles. The van der Waals surface area contributed by atoms with Gasteiger partial charge in [-0.15, -0.1) is 0 Å². The fraction of sp³-hybridized carbons (Fsp3) is 0.125. The minimum absolute atomic E-state index is 0.696. The van der Waals surface area contributed by atoms with Crippen molar-refractivity contribution in [3.8, 4) is 5.75 Å². The van der Waals surface area contributed by atoms with Crippen LogP contribution in [0.4, 0.5) is 0 Å². The lowest BCUT2D eigenvalue weighted by Crippen LogP contribution is -1.88. The Morgan fingerprint density at radius 1 is 1.15 bits per heavy atom. The fourth-order valence-corrected chi connectivity index (χ4v) is 1.72. The van der Waals surface area contributed by atoms with E-state index in [-0.39, 0.29) is 0 Å². The highest BCUT2D eigenvalue weighted by Crippen LogP contribution is 2.27. The molecule has 2 aromatic rings. The topological polar surface area (TPSA) is 63.6 Å². The van der Waals surface area contributed by atoms with Gasteiger partial charge in [0, 0.05) is 17.0 Å². The minimum Gasteiger partial charge on any atom is -0.496 e. The number of benzene rings is 2. The molecule has 0 aliphatic carbocycles. The highest BCUT2D eigenvalue weighted by atomic mass is 16.5. The van der Waals surface area contributed by atoms with Crippen molar-refractivity contribution < 1.29 is 19.4 Å². The molecule has 0 heterocycles. The van der Waals surface area contributed by atoms with Crippen molar-refractivity contribution in [3.05, 3.63) is 54.1 Å². The summed E-state index contributed by atoms with van der Waals surface area (Å²) in [6.45, 7) is 1.66. The van der Waals surface area contributed by atoms with E-state index >= 15 is 0 Å². The summed E-state index contributed by atoms with van der Waals surface area (Å²) < 4.78 is 5.21. The van der Waals surface area contributed by atoms with Crippen molar-refractivity contribution >= 4 is 23.0 Å². The van der Waals surface area contributed by atoms with E-state index in [0.29, 0.717) is 5.56 Å². The van der Waals surface area contributed by atoms with Crippen molar-refractivity contribution in [1.29, 1.82) is 0 Å². The number of ether oxygens (including phenoxy) is 1. The van der Waals surface area contributed by atoms with Crippen LogP contribution in [0.3, 0.4) is 0 Å². The second-order valence-electron chi connectivity index (χ2n) is 3.86. The van der Waals surface area contributed by atoms with Crippen molar-refractivity contribution in [2.75, 3.05) is 7.11 Å². The van der Waals surface area contributed by atoms with Gasteiger partial charge < -0.3 is 9.84 Å². The molecule has 0 saturated heterocycles. The molecule has 4 heteroatoms. The van der Waals surface area contributed by atoms with Crippen molar-refractivity contribution in [1.82, 2.24) is 0 Å². The van der Waals surface area contributed by atoms with E-state index in [1.807, 2.05) is 30.3 Å². The molecule has 0 bridgehead atoms. The van der Waals surface area contributed by atoms with Gasteiger partial charge in [-0.05, 0) is 24.4 Å². The second-order valence-corrected chi connectivity index (χ2v) is 3.86. The van der Waals surface area contributed by atoms with Crippen LogP contribution in [0.15, 0.2) is 48.6 Å². The van der Waals surface area contributed by atoms with Gasteiger partial charge in [0.2, 0.25) is 0 Å². The summed E-state index contributed by atoms with van der Waals surface area (Å²) in [4.78, 5) is 20.3. The third-order valence-corrected chi connectivity index (χ3v) is 2.57. The van der Waals surface area contributed by atoms with Gasteiger partial charge in [0.1, 0.15) is 5.75 Å². The third kappa shape index (κ3) is 3.95. The molecule has 0 atom stereocenters. The number of carboxylic acid groups (broad SMARTS) is 1. The van der Waals surface area contributed by atoms with Gasteiger partial charge in [-0.3, -0.25) is 4.79 Å². The molecule has 0 amide bonds. The van der Waals surface area contributed by atoms with Crippen LogP contribution >= 0.6 is 0 Å². The number of hydrogen-bond donors (Lipinski definition) is 1. The molecule has 0 unspecified atom stereocenters. The molecule has 0 saturated carbocycles. The molecule has 20 heavy (non-hydrogen) atoms. The SMILES string of the molecule is CC=CC(=O)O.COc1ccc(C=O)c2ccccc12. The Hall–Kier alpha value is -2.62. The van der Waals surface area contributed by atoms with Crippen LogP contribution in [0.5, 0.6) is 5.75 Å². The lowest BCUT2D eigenvalue weighted by atomic mass is 10.0. The van der Waals surface area contributed by atoms with Crippen LogP contribution in [0.1, 0.15) is 17.3 Å². The number of hydrogen-bond acceptors (Lipinski definition) is 3. The zero-order chi connectivity index (χ0) is 15.0. The quantitative estimate of drug-likeness (QED) is 0.687. The molecular weight excluding hydrogens is 256 g/mol. The van der Waals surface area contributed by atoms with Crippen LogP contribution in [0.25, 0.3) is 10.8 Å². The molecule has 2 rings (SSSR count). The van der Waals surface area contributed by atoms with E-state index in [1.165, 1.54) is 6.08 Å². The van der Waals surface area contributed by atoms with E-state index < -0.39 is 5.97 Å². The molecule has 0 spiro atoms. The number of rotatable bonds is 3. The number of aldehydes is 1. The lowest BCUT2D eigenvalue weighted by Gasteiger charge is -2.06. The van der Waals surface area contributed by atoms with Crippen molar-refractivity contribution in [2.45, 2.75) is 6.92 Å². The summed E-state index contributed by atoms with van der Waals surface area (Å²) in [5, 5.41) is 9.73. The summed E-state index contributed by atoms with van der Waals surface area (Å²) >= 11 is 0. The van der Waals surface area contributed by atoms with E-state index in [1.54, 1.807) is 20.1 Å². The molecule has 0 radical (unpaired) electrons. The fourth-order valence-electron chi connectivity index (χ4n) is 1.72. The van der Waals surface area contributed by atoms with Crippen molar-refractivity contribution in [2.24, 2.45) is 0 Å². The average Bonchev–Trinajstić information content (AvgIpc) is 2.46. The summed E-state index contributed by atoms with van der Waals surface area (Å²) in [7, 11) is 1.63. The normalized spacial score (nSPS) is 9.90. The van der Waals surface area contributed by atoms with E-state index in [9.17, 15) is 9.59 Å². The van der Waals surface area contributed by atoms with Crippen molar-refractivity contribution in [3.63, 3.8) is 0 Å². The van der Waals surface area contributed by atoms with E-state index in [2.05, 4.69) is 0 Å². The Morgan fingerprint density at radius 2 is 1.80 bits per heavy atom. The van der Waals surface area contributed by atoms with Crippen LogP contribution in [0.2, 0.25) is 0 Å². The minimum atomic E-state index is -0.891. The molecule has 0 aromatic heterocycles. The lowest BCUT2D eigenvalue weighted by molar-refractivity contribution is -0.131. The number of aliphatic carboxylic acids is 1. The first kappa shape index (κ1) is 15.4. The molecular formula is C16H16O4. The molecule has 104 valence electrons. The first-order valence-electron chi connectivity index (χ1n) is 6.00. The van der Waals surface area contributed by atoms with Gasteiger partial charge in [-0.25, -0.2) is 4.79 Å². The van der Waals surface area contributed by atoms with Crippen LogP contribution in [-0.4, -0.2) is 24.5 Å². The first-order chi connectivity index (χ1) is 9.63. The highest BCUT2D eigenvalue weighted by Gasteiger charge is 2.03. The van der Waals surface area contributed by atoms with Crippen LogP contribution < -0.4 is 4.74 Å². The Balaban J connectivity index is 0.000000286. The Labute approximate surface area is 117 Å². The number of carboxylic acids is 1. The molecule has 0 aliphatic rings. The highest BCUT2D eigenvalue weighted by molar-refractivity contribution is 6.00. The zero-order valence-corrected chi connectivity index (χ0v) is 11.4. The van der Waals surface area contributed by atoms with E-state index in [0.717, 1.165) is 28.9 Å². The molecule has 2 aromatic carbocycles. The monoisotopic (exact) mass is 272 g/mol. The number of allylic oxidation sites excluding steroid dienone is 1. The first-order valence-corrected chi connectivity index (χ1v) is 6.00. The Bertz CT molecular complexity index is 629. The van der Waals surface area contributed by atoms with E-state index in [4.69, 9.17) is 9.84 Å². The van der Waals surface area contributed by atoms with Crippen LogP contribution in [-0.2, 0) is 4.79 Å². The number of carbonyl (C=O) groups is 2. The summed E-state index contributed by atoms with van der Waals surface area (Å²) in [5.41, 5.74) is 0.696. The summed E-state index contributed by atoms with van der Waals surface area (Å²) in [6.07, 6.45) is 3.42. The average molecular weight is 272 g/mol. The van der Waals surface area contributed by atoms with Gasteiger partial charge >= 0.3 is 5.97 Å². The van der Waals surface area contributed by atoms with Crippen LogP contribution in [0, 0.1) is 0 Å². The van der Waals surface area contributed by atoms with Gasteiger partial charge in [0.25, 0.3) is 0 Å². The summed E-state index contributed by atoms with van der Waals surface area (Å²) in [5.74, 6) is -0.0938. The second kappa shape index (κ2) is 7.74. The Morgan fingerprint density at radius 3 is 2.25 bits per heavy atom. The predicted octanol–water partition coefficient (Wildman–Crippen LogP) is 3.31. The van der Waals surface area contributed by atoms with Gasteiger partial charge in [-0.1, -0.05) is 30.3 Å². The molecule has 0 fully saturated rings. The maximum Gasteiger partial charge on any atom is 0.327 e. The van der Waals surface area contributed by atoms with Gasteiger partial charge in [-0.2, -0.15) is 0 Å². The predicted molar refractivity (Wildman–Crippen MR) is 78.3 cm³/mol. The summed E-state index contributed by atoms with van der Waals surface area (Å²) in [6, 6.07) is 11.3.